The average Bonchev–Trinajstić information content (AvgIpc) is 3.37. The molecule has 2 amide bonds. The Kier molecular flexibility index (Phi) is 5.57. The first-order chi connectivity index (χ1) is 15.9. The Morgan fingerprint density at radius 3 is 2.48 bits per heavy atom. The van der Waals surface area contributed by atoms with Crippen LogP contribution in [-0.2, 0) is 9.59 Å². The molecule has 0 spiro atoms. The first-order valence-corrected chi connectivity index (χ1v) is 12.0. The topological polar surface area (TPSA) is 100 Å². The van der Waals surface area contributed by atoms with Crippen molar-refractivity contribution in [3.05, 3.63) is 86.5 Å². The molecule has 0 radical (unpaired) electrons. The number of carbonyl (C=O) groups is 2. The zero-order valence-electron chi connectivity index (χ0n) is 16.9. The molecule has 1 saturated heterocycles. The first kappa shape index (κ1) is 21.8. The van der Waals surface area contributed by atoms with Crippen LogP contribution in [0.5, 0.6) is 0 Å². The van der Waals surface area contributed by atoms with Crippen LogP contribution >= 0.6 is 39.3 Å². The second-order valence-corrected chi connectivity index (χ2v) is 10.1. The third kappa shape index (κ3) is 3.57. The standard InChI is InChI=1S/C24H15BrClN3O3S/c25-12-5-7-13(8-6-12)29-23(30)20-19(15(11-27)22(28)33-21(20)24(29)31)18-10-9-17(32-18)14-3-1-2-4-16(14)26/h1-10,19-21H,28H2/t19-,20+,21+/m1/s1. The van der Waals surface area contributed by atoms with Gasteiger partial charge in [-0.25, -0.2) is 4.90 Å². The van der Waals surface area contributed by atoms with Gasteiger partial charge in [-0.15, -0.1) is 0 Å². The number of imide groups is 1. The molecule has 2 aliphatic rings. The van der Waals surface area contributed by atoms with Gasteiger partial charge in [0.25, 0.3) is 0 Å². The van der Waals surface area contributed by atoms with E-state index >= 15 is 0 Å². The van der Waals surface area contributed by atoms with Gasteiger partial charge in [-0.05, 0) is 48.5 Å². The molecular formula is C24H15BrClN3O3S. The number of rotatable bonds is 3. The van der Waals surface area contributed by atoms with Gasteiger partial charge in [0.2, 0.25) is 11.8 Å². The number of carbonyl (C=O) groups excluding carboxylic acids is 2. The van der Waals surface area contributed by atoms with Crippen LogP contribution in [0.25, 0.3) is 11.3 Å². The Bertz CT molecular complexity index is 1360. The van der Waals surface area contributed by atoms with E-state index in [0.29, 0.717) is 27.8 Å². The lowest BCUT2D eigenvalue weighted by atomic mass is 9.82. The van der Waals surface area contributed by atoms with Crippen molar-refractivity contribution in [2.45, 2.75) is 11.2 Å². The fourth-order valence-electron chi connectivity index (χ4n) is 4.26. The number of furan rings is 1. The fourth-order valence-corrected chi connectivity index (χ4v) is 5.95. The molecule has 2 N–H and O–H groups in total. The molecule has 164 valence electrons. The van der Waals surface area contributed by atoms with Crippen molar-refractivity contribution >= 4 is 56.8 Å². The van der Waals surface area contributed by atoms with Crippen LogP contribution in [0.2, 0.25) is 5.02 Å². The summed E-state index contributed by atoms with van der Waals surface area (Å²) in [5, 5.41) is 9.85. The Hall–Kier alpha value is -2.99. The monoisotopic (exact) mass is 539 g/mol. The first-order valence-electron chi connectivity index (χ1n) is 9.95. The molecule has 33 heavy (non-hydrogen) atoms. The van der Waals surface area contributed by atoms with Gasteiger partial charge in [-0.1, -0.05) is 51.4 Å². The summed E-state index contributed by atoms with van der Waals surface area (Å²) in [5.41, 5.74) is 7.57. The Morgan fingerprint density at radius 2 is 1.79 bits per heavy atom. The maximum Gasteiger partial charge on any atom is 0.248 e. The molecule has 3 aromatic rings. The average molecular weight is 541 g/mol. The lowest BCUT2D eigenvalue weighted by molar-refractivity contribution is -0.122. The highest BCUT2D eigenvalue weighted by molar-refractivity contribution is 9.10. The van der Waals surface area contributed by atoms with Gasteiger partial charge in [-0.3, -0.25) is 9.59 Å². The molecule has 5 rings (SSSR count). The number of anilines is 1. The van der Waals surface area contributed by atoms with Crippen LogP contribution in [0.15, 0.2) is 80.2 Å². The van der Waals surface area contributed by atoms with Gasteiger partial charge in [0, 0.05) is 10.0 Å². The van der Waals surface area contributed by atoms with E-state index in [1.165, 1.54) is 4.90 Å². The maximum absolute atomic E-state index is 13.6. The van der Waals surface area contributed by atoms with Crippen molar-refractivity contribution in [2.75, 3.05) is 4.90 Å². The predicted molar refractivity (Wildman–Crippen MR) is 130 cm³/mol. The minimum atomic E-state index is -0.821. The molecule has 3 atom stereocenters. The summed E-state index contributed by atoms with van der Waals surface area (Å²) in [6.07, 6.45) is 0. The number of amides is 2. The summed E-state index contributed by atoms with van der Waals surface area (Å²) in [6, 6.07) is 19.7. The number of benzene rings is 2. The summed E-state index contributed by atoms with van der Waals surface area (Å²) in [5.74, 6) is -1.46. The molecule has 9 heteroatoms. The van der Waals surface area contributed by atoms with Crippen molar-refractivity contribution < 1.29 is 14.0 Å². The second kappa shape index (κ2) is 8.41. The maximum atomic E-state index is 13.6. The molecule has 3 heterocycles. The van der Waals surface area contributed by atoms with Gasteiger partial charge >= 0.3 is 0 Å². The van der Waals surface area contributed by atoms with Crippen LogP contribution in [0.1, 0.15) is 11.7 Å². The molecule has 0 saturated carbocycles. The van der Waals surface area contributed by atoms with Gasteiger partial charge in [0.05, 0.1) is 39.2 Å². The predicted octanol–water partition coefficient (Wildman–Crippen LogP) is 5.44. The summed E-state index contributed by atoms with van der Waals surface area (Å²) >= 11 is 10.7. The number of nitriles is 1. The van der Waals surface area contributed by atoms with Crippen molar-refractivity contribution in [3.63, 3.8) is 0 Å². The smallest absolute Gasteiger partial charge is 0.248 e. The van der Waals surface area contributed by atoms with Crippen LogP contribution in [-0.4, -0.2) is 17.1 Å². The summed E-state index contributed by atoms with van der Waals surface area (Å²) in [7, 11) is 0. The van der Waals surface area contributed by atoms with Crippen LogP contribution in [0.3, 0.4) is 0 Å². The van der Waals surface area contributed by atoms with Crippen molar-refractivity contribution in [2.24, 2.45) is 11.7 Å². The normalized spacial score (nSPS) is 22.5. The molecule has 1 aromatic heterocycles. The Morgan fingerprint density at radius 1 is 1.06 bits per heavy atom. The number of allylic oxidation sites excluding steroid dienone is 1. The van der Waals surface area contributed by atoms with E-state index in [4.69, 9.17) is 21.8 Å². The highest BCUT2D eigenvalue weighted by Gasteiger charge is 2.56. The Balaban J connectivity index is 1.59. The number of thioether (sulfide) groups is 1. The molecular weight excluding hydrogens is 526 g/mol. The minimum absolute atomic E-state index is 0.221. The lowest BCUT2D eigenvalue weighted by Gasteiger charge is -2.28. The Labute approximate surface area is 207 Å². The summed E-state index contributed by atoms with van der Waals surface area (Å²) in [6.45, 7) is 0. The summed E-state index contributed by atoms with van der Waals surface area (Å²) in [4.78, 5) is 28.0. The third-order valence-electron chi connectivity index (χ3n) is 5.76. The van der Waals surface area contributed by atoms with E-state index in [9.17, 15) is 14.9 Å². The number of fused-ring (bicyclic) bond motifs is 1. The van der Waals surface area contributed by atoms with Gasteiger partial charge in [0.15, 0.2) is 0 Å². The highest BCUT2D eigenvalue weighted by Crippen LogP contribution is 2.51. The third-order valence-corrected chi connectivity index (χ3v) is 7.84. The van der Waals surface area contributed by atoms with E-state index in [1.54, 1.807) is 42.5 Å². The number of hydrogen-bond acceptors (Lipinski definition) is 6. The van der Waals surface area contributed by atoms with Crippen LogP contribution in [0.4, 0.5) is 5.69 Å². The van der Waals surface area contributed by atoms with Crippen molar-refractivity contribution in [3.8, 4) is 17.4 Å². The minimum Gasteiger partial charge on any atom is -0.460 e. The number of nitrogens with zero attached hydrogens (tertiary/aromatic N) is 2. The van der Waals surface area contributed by atoms with E-state index in [1.807, 2.05) is 18.2 Å². The van der Waals surface area contributed by atoms with Crippen LogP contribution < -0.4 is 10.6 Å². The number of nitrogens with two attached hydrogens (primary N) is 1. The molecule has 6 nitrogen and oxygen atoms in total. The highest BCUT2D eigenvalue weighted by atomic mass is 79.9. The molecule has 2 aliphatic heterocycles. The van der Waals surface area contributed by atoms with E-state index < -0.39 is 17.1 Å². The largest absolute Gasteiger partial charge is 0.460 e. The van der Waals surface area contributed by atoms with Gasteiger partial charge in [0.1, 0.15) is 16.8 Å². The molecule has 0 bridgehead atoms. The molecule has 0 unspecified atom stereocenters. The SMILES string of the molecule is N#CC1=C(N)S[C@@H]2C(=O)N(c3ccc(Br)cc3)C(=O)[C@H]2[C@H]1c1ccc(-c2ccccc2Cl)o1. The van der Waals surface area contributed by atoms with Gasteiger partial charge in [-0.2, -0.15) is 5.26 Å². The molecule has 0 aliphatic carbocycles. The van der Waals surface area contributed by atoms with E-state index in [0.717, 1.165) is 16.2 Å². The zero-order chi connectivity index (χ0) is 23.3. The summed E-state index contributed by atoms with van der Waals surface area (Å²) < 4.78 is 6.93. The van der Waals surface area contributed by atoms with Crippen molar-refractivity contribution in [1.29, 1.82) is 5.26 Å². The van der Waals surface area contributed by atoms with Gasteiger partial charge < -0.3 is 10.2 Å². The van der Waals surface area contributed by atoms with E-state index in [2.05, 4.69) is 22.0 Å². The number of halogens is 2. The fraction of sp³-hybridized carbons (Fsp3) is 0.125. The van der Waals surface area contributed by atoms with E-state index in [-0.39, 0.29) is 22.4 Å². The second-order valence-electron chi connectivity index (χ2n) is 7.60. The lowest BCUT2D eigenvalue weighted by Crippen LogP contribution is -2.33. The quantitative estimate of drug-likeness (QED) is 0.444. The molecule has 2 aromatic carbocycles. The number of hydrogen-bond donors (Lipinski definition) is 1. The van der Waals surface area contributed by atoms with Crippen LogP contribution in [0, 0.1) is 17.2 Å². The van der Waals surface area contributed by atoms with Crippen molar-refractivity contribution in [1.82, 2.24) is 0 Å². The molecule has 1 fully saturated rings. The zero-order valence-corrected chi connectivity index (χ0v) is 20.0.